The fourth-order valence-corrected chi connectivity index (χ4v) is 1.36. The van der Waals surface area contributed by atoms with Crippen LogP contribution in [0, 0.1) is 0 Å². The Hall–Kier alpha value is -1.62. The monoisotopic (exact) mass is 222 g/mol. The molecular weight excluding hydrogens is 204 g/mol. The largest absolute Gasteiger partial charge is 0.339 e. The lowest BCUT2D eigenvalue weighted by atomic mass is 10.1. The fourth-order valence-electron chi connectivity index (χ4n) is 1.36. The van der Waals surface area contributed by atoms with Crippen LogP contribution in [0.15, 0.2) is 18.3 Å². The zero-order valence-electron chi connectivity index (χ0n) is 9.90. The second-order valence-corrected chi connectivity index (χ2v) is 3.72. The van der Waals surface area contributed by atoms with Gasteiger partial charge in [-0.15, -0.1) is 0 Å². The minimum Gasteiger partial charge on any atom is -0.339 e. The molecule has 0 aliphatic rings. The van der Waals surface area contributed by atoms with Gasteiger partial charge in [-0.3, -0.25) is 4.79 Å². The number of hydrogen-bond donors (Lipinski definition) is 2. The predicted octanol–water partition coefficient (Wildman–Crippen LogP) is 1.24. The number of nitrogens with two attached hydrogens (primary N) is 1. The van der Waals surface area contributed by atoms with E-state index in [0.29, 0.717) is 11.4 Å². The van der Waals surface area contributed by atoms with E-state index in [4.69, 9.17) is 5.84 Å². The Kier molecular flexibility index (Phi) is 4.25. The smallest absolute Gasteiger partial charge is 0.257 e. The first-order valence-electron chi connectivity index (χ1n) is 5.30. The Bertz CT molecular complexity index is 367. The van der Waals surface area contributed by atoms with Crippen molar-refractivity contribution < 1.29 is 4.79 Å². The third-order valence-corrected chi connectivity index (χ3v) is 2.75. The van der Waals surface area contributed by atoms with Gasteiger partial charge in [-0.2, -0.15) is 0 Å². The van der Waals surface area contributed by atoms with E-state index in [9.17, 15) is 4.79 Å². The van der Waals surface area contributed by atoms with Gasteiger partial charge in [-0.25, -0.2) is 10.8 Å². The molecule has 1 aromatic heterocycles. The maximum Gasteiger partial charge on any atom is 0.257 e. The Labute approximate surface area is 95.6 Å². The molecule has 88 valence electrons. The topological polar surface area (TPSA) is 71.2 Å². The Morgan fingerprint density at radius 2 is 2.38 bits per heavy atom. The first-order chi connectivity index (χ1) is 7.61. The molecule has 1 heterocycles. The normalized spacial score (nSPS) is 12.0. The van der Waals surface area contributed by atoms with Gasteiger partial charge >= 0.3 is 0 Å². The van der Waals surface area contributed by atoms with E-state index in [-0.39, 0.29) is 11.9 Å². The van der Waals surface area contributed by atoms with Gasteiger partial charge in [-0.05, 0) is 25.5 Å². The van der Waals surface area contributed by atoms with Crippen LogP contribution in [-0.4, -0.2) is 28.9 Å². The van der Waals surface area contributed by atoms with Gasteiger partial charge in [0.1, 0.15) is 0 Å². The number of hydrazine groups is 1. The van der Waals surface area contributed by atoms with Crippen LogP contribution >= 0.6 is 0 Å². The van der Waals surface area contributed by atoms with E-state index in [1.807, 2.05) is 13.8 Å². The number of nitrogens with zero attached hydrogens (tertiary/aromatic N) is 2. The van der Waals surface area contributed by atoms with Gasteiger partial charge in [0.25, 0.3) is 5.91 Å². The van der Waals surface area contributed by atoms with Crippen LogP contribution < -0.4 is 11.3 Å². The zero-order chi connectivity index (χ0) is 12.1. The summed E-state index contributed by atoms with van der Waals surface area (Å²) in [6, 6.07) is 3.63. The number of nitrogen functional groups attached to an aromatic ring is 1. The molecule has 0 bridgehead atoms. The second-order valence-electron chi connectivity index (χ2n) is 3.72. The molecule has 0 fully saturated rings. The van der Waals surface area contributed by atoms with Crippen molar-refractivity contribution in [3.05, 3.63) is 23.9 Å². The Morgan fingerprint density at radius 1 is 1.69 bits per heavy atom. The lowest BCUT2D eigenvalue weighted by molar-refractivity contribution is 0.0741. The maximum atomic E-state index is 12.1. The number of pyridine rings is 1. The minimum absolute atomic E-state index is 0.0737. The number of aromatic nitrogens is 1. The molecule has 5 heteroatoms. The van der Waals surface area contributed by atoms with E-state index in [1.54, 1.807) is 30.3 Å². The molecule has 0 radical (unpaired) electrons. The third-order valence-electron chi connectivity index (χ3n) is 2.75. The summed E-state index contributed by atoms with van der Waals surface area (Å²) in [6.45, 7) is 4.05. The molecule has 0 saturated carbocycles. The summed E-state index contributed by atoms with van der Waals surface area (Å²) in [7, 11) is 1.78. The molecule has 0 aromatic carbocycles. The van der Waals surface area contributed by atoms with Crippen LogP contribution in [-0.2, 0) is 0 Å². The molecule has 1 unspecified atom stereocenters. The molecular formula is C11H18N4O. The number of rotatable bonds is 4. The highest BCUT2D eigenvalue weighted by atomic mass is 16.2. The molecule has 3 N–H and O–H groups in total. The van der Waals surface area contributed by atoms with E-state index in [0.717, 1.165) is 6.42 Å². The lowest BCUT2D eigenvalue weighted by Crippen LogP contribution is -2.35. The van der Waals surface area contributed by atoms with E-state index in [1.165, 1.54) is 0 Å². The minimum atomic E-state index is -0.0737. The predicted molar refractivity (Wildman–Crippen MR) is 63.9 cm³/mol. The van der Waals surface area contributed by atoms with Crippen LogP contribution in [0.1, 0.15) is 30.6 Å². The Balaban J connectivity index is 2.95. The van der Waals surface area contributed by atoms with Crippen molar-refractivity contribution in [1.82, 2.24) is 9.88 Å². The van der Waals surface area contributed by atoms with Crippen LogP contribution in [0.25, 0.3) is 0 Å². The fraction of sp³-hybridized carbons (Fsp3) is 0.455. The highest BCUT2D eigenvalue weighted by Gasteiger charge is 2.19. The SMILES string of the molecule is CCC(C)N(C)C(=O)c1cccnc1NN. The maximum absolute atomic E-state index is 12.1. The van der Waals surface area contributed by atoms with Crippen LogP contribution in [0.3, 0.4) is 0 Å². The van der Waals surface area contributed by atoms with Crippen molar-refractivity contribution in [2.24, 2.45) is 5.84 Å². The van der Waals surface area contributed by atoms with Crippen molar-refractivity contribution in [3.8, 4) is 0 Å². The second kappa shape index (κ2) is 5.46. The molecule has 1 amide bonds. The first-order valence-corrected chi connectivity index (χ1v) is 5.30. The summed E-state index contributed by atoms with van der Waals surface area (Å²) in [5, 5.41) is 0. The van der Waals surface area contributed by atoms with Gasteiger partial charge in [0.2, 0.25) is 0 Å². The van der Waals surface area contributed by atoms with E-state index < -0.39 is 0 Å². The average Bonchev–Trinajstić information content (AvgIpc) is 2.35. The van der Waals surface area contributed by atoms with Gasteiger partial charge in [0, 0.05) is 19.3 Å². The number of amides is 1. The van der Waals surface area contributed by atoms with Gasteiger partial charge < -0.3 is 10.3 Å². The molecule has 1 rings (SSSR count). The van der Waals surface area contributed by atoms with Gasteiger partial charge in [0.15, 0.2) is 5.82 Å². The number of anilines is 1. The van der Waals surface area contributed by atoms with Crippen molar-refractivity contribution >= 4 is 11.7 Å². The van der Waals surface area contributed by atoms with Gasteiger partial charge in [0.05, 0.1) is 5.56 Å². The van der Waals surface area contributed by atoms with Crippen molar-refractivity contribution in [2.75, 3.05) is 12.5 Å². The third kappa shape index (κ3) is 2.49. The zero-order valence-corrected chi connectivity index (χ0v) is 9.90. The Morgan fingerprint density at radius 3 is 2.94 bits per heavy atom. The average molecular weight is 222 g/mol. The molecule has 1 aromatic rings. The number of nitrogens with one attached hydrogen (secondary N) is 1. The van der Waals surface area contributed by atoms with Crippen molar-refractivity contribution in [1.29, 1.82) is 0 Å². The van der Waals surface area contributed by atoms with Crippen molar-refractivity contribution in [3.63, 3.8) is 0 Å². The summed E-state index contributed by atoms with van der Waals surface area (Å²) < 4.78 is 0. The van der Waals surface area contributed by atoms with E-state index >= 15 is 0 Å². The summed E-state index contributed by atoms with van der Waals surface area (Å²) >= 11 is 0. The molecule has 1 atom stereocenters. The number of carbonyl (C=O) groups excluding carboxylic acids is 1. The summed E-state index contributed by atoms with van der Waals surface area (Å²) in [5.41, 5.74) is 2.92. The first kappa shape index (κ1) is 12.4. The molecule has 0 aliphatic heterocycles. The standard InChI is InChI=1S/C11H18N4O/c1-4-8(2)15(3)11(16)9-6-5-7-13-10(9)14-12/h5-8H,4,12H2,1-3H3,(H,13,14). The molecule has 16 heavy (non-hydrogen) atoms. The molecule has 0 spiro atoms. The number of hydrogen-bond acceptors (Lipinski definition) is 4. The highest BCUT2D eigenvalue weighted by molar-refractivity contribution is 5.98. The van der Waals surface area contributed by atoms with E-state index in [2.05, 4.69) is 10.4 Å². The highest BCUT2D eigenvalue weighted by Crippen LogP contribution is 2.14. The molecule has 0 saturated heterocycles. The summed E-state index contributed by atoms with van der Waals surface area (Å²) in [4.78, 5) is 17.8. The van der Waals surface area contributed by atoms with Crippen molar-refractivity contribution in [2.45, 2.75) is 26.3 Å². The molecule has 0 aliphatic carbocycles. The van der Waals surface area contributed by atoms with Crippen LogP contribution in [0.4, 0.5) is 5.82 Å². The summed E-state index contributed by atoms with van der Waals surface area (Å²) in [6.07, 6.45) is 2.50. The lowest BCUT2D eigenvalue weighted by Gasteiger charge is -2.24. The number of carbonyl (C=O) groups is 1. The van der Waals surface area contributed by atoms with Gasteiger partial charge in [-0.1, -0.05) is 6.92 Å². The summed E-state index contributed by atoms with van der Waals surface area (Å²) in [5.74, 6) is 5.65. The quantitative estimate of drug-likeness (QED) is 0.594. The van der Waals surface area contributed by atoms with Crippen LogP contribution in [0.2, 0.25) is 0 Å². The molecule has 5 nitrogen and oxygen atoms in total. The van der Waals surface area contributed by atoms with Crippen LogP contribution in [0.5, 0.6) is 0 Å².